The van der Waals surface area contributed by atoms with E-state index in [1.54, 1.807) is 6.08 Å². The monoisotopic (exact) mass is 264 g/mol. The van der Waals surface area contributed by atoms with Gasteiger partial charge in [-0.25, -0.2) is 4.79 Å². The van der Waals surface area contributed by atoms with Gasteiger partial charge in [-0.3, -0.25) is 0 Å². The summed E-state index contributed by atoms with van der Waals surface area (Å²) in [6.07, 6.45) is 6.64. The number of aliphatic carboxylic acids is 1. The standard InChI is InChI=1S/C15H20O2S/c1-2-3-4-10-18-12-14-7-5-6-13(11-14)8-9-15(16)17/h5-9,11H,2-4,10,12H2,1H3,(H,16,17)/b9-8+. The van der Waals surface area contributed by atoms with Crippen LogP contribution in [0.4, 0.5) is 0 Å². The quantitative estimate of drug-likeness (QED) is 0.564. The zero-order valence-electron chi connectivity index (χ0n) is 10.8. The summed E-state index contributed by atoms with van der Waals surface area (Å²) in [5.41, 5.74) is 2.20. The van der Waals surface area contributed by atoms with Gasteiger partial charge in [-0.05, 0) is 29.4 Å². The zero-order valence-corrected chi connectivity index (χ0v) is 11.6. The molecule has 0 bridgehead atoms. The molecular weight excluding hydrogens is 244 g/mol. The first-order valence-electron chi connectivity index (χ1n) is 6.30. The summed E-state index contributed by atoms with van der Waals surface area (Å²) >= 11 is 1.94. The Hall–Kier alpha value is -1.22. The molecule has 0 aliphatic carbocycles. The second-order valence-electron chi connectivity index (χ2n) is 4.18. The van der Waals surface area contributed by atoms with Crippen molar-refractivity contribution in [3.63, 3.8) is 0 Å². The van der Waals surface area contributed by atoms with Gasteiger partial charge in [-0.2, -0.15) is 11.8 Å². The van der Waals surface area contributed by atoms with Crippen LogP contribution < -0.4 is 0 Å². The molecule has 1 aromatic rings. The number of unbranched alkanes of at least 4 members (excludes halogenated alkanes) is 2. The molecule has 0 radical (unpaired) electrons. The molecule has 0 aliphatic rings. The Morgan fingerprint density at radius 1 is 1.39 bits per heavy atom. The van der Waals surface area contributed by atoms with Crippen molar-refractivity contribution in [1.29, 1.82) is 0 Å². The molecule has 0 aliphatic heterocycles. The molecule has 1 rings (SSSR count). The normalized spacial score (nSPS) is 10.9. The molecule has 0 saturated carbocycles. The molecule has 1 N–H and O–H groups in total. The minimum atomic E-state index is -0.908. The predicted octanol–water partition coefficient (Wildman–Crippen LogP) is 4.21. The molecule has 0 aromatic heterocycles. The summed E-state index contributed by atoms with van der Waals surface area (Å²) in [6.45, 7) is 2.21. The average molecular weight is 264 g/mol. The highest BCUT2D eigenvalue weighted by Gasteiger charge is 1.96. The van der Waals surface area contributed by atoms with E-state index in [0.717, 1.165) is 11.3 Å². The minimum Gasteiger partial charge on any atom is -0.478 e. The fourth-order valence-electron chi connectivity index (χ4n) is 1.60. The second kappa shape index (κ2) is 8.81. The van der Waals surface area contributed by atoms with Gasteiger partial charge < -0.3 is 5.11 Å². The number of benzene rings is 1. The third-order valence-corrected chi connectivity index (χ3v) is 3.65. The van der Waals surface area contributed by atoms with Crippen LogP contribution in [0.2, 0.25) is 0 Å². The maximum atomic E-state index is 10.4. The summed E-state index contributed by atoms with van der Waals surface area (Å²) in [5.74, 6) is 1.29. The smallest absolute Gasteiger partial charge is 0.328 e. The Balaban J connectivity index is 2.42. The highest BCUT2D eigenvalue weighted by molar-refractivity contribution is 7.98. The lowest BCUT2D eigenvalue weighted by Crippen LogP contribution is -1.87. The van der Waals surface area contributed by atoms with E-state index in [4.69, 9.17) is 5.11 Å². The van der Waals surface area contributed by atoms with Gasteiger partial charge in [0.1, 0.15) is 0 Å². The maximum Gasteiger partial charge on any atom is 0.328 e. The van der Waals surface area contributed by atoms with Crippen molar-refractivity contribution in [2.75, 3.05) is 5.75 Å². The first-order chi connectivity index (χ1) is 8.72. The van der Waals surface area contributed by atoms with Gasteiger partial charge in [0, 0.05) is 11.8 Å². The number of hydrogen-bond donors (Lipinski definition) is 1. The molecule has 0 spiro atoms. The first kappa shape index (κ1) is 14.8. The van der Waals surface area contributed by atoms with Crippen molar-refractivity contribution in [2.45, 2.75) is 31.9 Å². The zero-order chi connectivity index (χ0) is 13.2. The first-order valence-corrected chi connectivity index (χ1v) is 7.45. The van der Waals surface area contributed by atoms with E-state index in [-0.39, 0.29) is 0 Å². The van der Waals surface area contributed by atoms with E-state index in [2.05, 4.69) is 13.0 Å². The Morgan fingerprint density at radius 2 is 2.22 bits per heavy atom. The molecule has 0 saturated heterocycles. The van der Waals surface area contributed by atoms with Crippen molar-refractivity contribution >= 4 is 23.8 Å². The van der Waals surface area contributed by atoms with E-state index in [1.807, 2.05) is 30.0 Å². The largest absolute Gasteiger partial charge is 0.478 e. The average Bonchev–Trinajstić information content (AvgIpc) is 2.37. The molecule has 0 fully saturated rings. The minimum absolute atomic E-state index is 0.908. The molecule has 1 aromatic carbocycles. The lowest BCUT2D eigenvalue weighted by molar-refractivity contribution is -0.131. The van der Waals surface area contributed by atoms with Gasteiger partial charge in [-0.15, -0.1) is 0 Å². The highest BCUT2D eigenvalue weighted by Crippen LogP contribution is 2.16. The van der Waals surface area contributed by atoms with Crippen molar-refractivity contribution in [1.82, 2.24) is 0 Å². The van der Waals surface area contributed by atoms with Crippen LogP contribution in [-0.2, 0) is 10.5 Å². The van der Waals surface area contributed by atoms with Gasteiger partial charge in [0.25, 0.3) is 0 Å². The van der Waals surface area contributed by atoms with E-state index < -0.39 is 5.97 Å². The number of hydrogen-bond acceptors (Lipinski definition) is 2. The Morgan fingerprint density at radius 3 is 2.94 bits per heavy atom. The molecule has 2 nitrogen and oxygen atoms in total. The number of thioether (sulfide) groups is 1. The van der Waals surface area contributed by atoms with Crippen molar-refractivity contribution < 1.29 is 9.90 Å². The fourth-order valence-corrected chi connectivity index (χ4v) is 2.57. The third-order valence-electron chi connectivity index (χ3n) is 2.53. The van der Waals surface area contributed by atoms with Crippen LogP contribution in [0.15, 0.2) is 30.3 Å². The van der Waals surface area contributed by atoms with Crippen molar-refractivity contribution in [3.8, 4) is 0 Å². The van der Waals surface area contributed by atoms with Crippen LogP contribution in [-0.4, -0.2) is 16.8 Å². The van der Waals surface area contributed by atoms with Crippen LogP contribution >= 0.6 is 11.8 Å². The van der Waals surface area contributed by atoms with Crippen LogP contribution in [0.25, 0.3) is 6.08 Å². The molecule has 3 heteroatoms. The number of carbonyl (C=O) groups is 1. The van der Waals surface area contributed by atoms with E-state index in [1.165, 1.54) is 36.7 Å². The van der Waals surface area contributed by atoms with E-state index >= 15 is 0 Å². The SMILES string of the molecule is CCCCCSCc1cccc(/C=C/C(=O)O)c1. The Kier molecular flexibility index (Phi) is 7.26. The van der Waals surface area contributed by atoms with Gasteiger partial charge in [-0.1, -0.05) is 44.0 Å². The third kappa shape index (κ3) is 6.50. The van der Waals surface area contributed by atoms with Crippen LogP contribution in [0.5, 0.6) is 0 Å². The van der Waals surface area contributed by atoms with E-state index in [9.17, 15) is 4.79 Å². The van der Waals surface area contributed by atoms with Gasteiger partial charge in [0.05, 0.1) is 0 Å². The second-order valence-corrected chi connectivity index (χ2v) is 5.28. The fraction of sp³-hybridized carbons (Fsp3) is 0.400. The molecule has 0 unspecified atom stereocenters. The van der Waals surface area contributed by atoms with Crippen molar-refractivity contribution in [2.24, 2.45) is 0 Å². The molecule has 0 amide bonds. The lowest BCUT2D eigenvalue weighted by Gasteiger charge is -2.03. The molecule has 0 atom stereocenters. The molecule has 0 heterocycles. The Bertz CT molecular complexity index is 399. The summed E-state index contributed by atoms with van der Waals surface area (Å²) < 4.78 is 0. The van der Waals surface area contributed by atoms with Crippen LogP contribution in [0.1, 0.15) is 37.3 Å². The number of rotatable bonds is 8. The predicted molar refractivity (Wildman–Crippen MR) is 78.8 cm³/mol. The van der Waals surface area contributed by atoms with E-state index in [0.29, 0.717) is 0 Å². The van der Waals surface area contributed by atoms with Crippen molar-refractivity contribution in [3.05, 3.63) is 41.5 Å². The summed E-state index contributed by atoms with van der Waals surface area (Å²) in [7, 11) is 0. The lowest BCUT2D eigenvalue weighted by atomic mass is 10.1. The molecule has 18 heavy (non-hydrogen) atoms. The van der Waals surface area contributed by atoms with Crippen LogP contribution in [0, 0.1) is 0 Å². The highest BCUT2D eigenvalue weighted by atomic mass is 32.2. The number of carboxylic acids is 1. The van der Waals surface area contributed by atoms with Gasteiger partial charge >= 0.3 is 5.97 Å². The number of carboxylic acid groups (broad SMARTS) is 1. The van der Waals surface area contributed by atoms with Gasteiger partial charge in [0.15, 0.2) is 0 Å². The summed E-state index contributed by atoms with van der Waals surface area (Å²) in [4.78, 5) is 10.4. The molecule has 98 valence electrons. The summed E-state index contributed by atoms with van der Waals surface area (Å²) in [5, 5.41) is 8.58. The van der Waals surface area contributed by atoms with Crippen LogP contribution in [0.3, 0.4) is 0 Å². The Labute approximate surface area is 113 Å². The maximum absolute atomic E-state index is 10.4. The van der Waals surface area contributed by atoms with Gasteiger partial charge in [0.2, 0.25) is 0 Å². The molecular formula is C15H20O2S. The topological polar surface area (TPSA) is 37.3 Å². The summed E-state index contributed by atoms with van der Waals surface area (Å²) in [6, 6.07) is 8.03.